The van der Waals surface area contributed by atoms with Gasteiger partial charge in [-0.15, -0.1) is 0 Å². The van der Waals surface area contributed by atoms with Gasteiger partial charge in [-0.25, -0.2) is 14.2 Å². The minimum Gasteiger partial charge on any atom is -0.457 e. The first-order valence-electron chi connectivity index (χ1n) is 17.4. The zero-order valence-electron chi connectivity index (χ0n) is 29.8. The van der Waals surface area contributed by atoms with Crippen LogP contribution in [0.3, 0.4) is 0 Å². The molecule has 14 nitrogen and oxygen atoms in total. The SMILES string of the molecule is CCCCCC(=O)O[C@H]1[C@H](OP(=O)(OCc2ccccc2)OCc2ccccc2)[C@@H](COC(=O)OCc2ccccc2)OC(O)[C@@H]1NC(=O)OCC(Cl)(Cl)Cl. The lowest BCUT2D eigenvalue weighted by Crippen LogP contribution is -2.66. The molecule has 1 saturated heterocycles. The Hall–Kier alpha value is -3.43. The molecule has 3 aromatic carbocycles. The van der Waals surface area contributed by atoms with Crippen LogP contribution in [0.4, 0.5) is 9.59 Å². The van der Waals surface area contributed by atoms with Gasteiger partial charge in [0.2, 0.25) is 3.79 Å². The molecule has 1 unspecified atom stereocenters. The minimum absolute atomic E-state index is 0.0574. The molecule has 0 bridgehead atoms. The van der Waals surface area contributed by atoms with Gasteiger partial charge in [-0.3, -0.25) is 18.4 Å². The number of ether oxygens (including phenoxy) is 5. The summed E-state index contributed by atoms with van der Waals surface area (Å²) in [7, 11) is -4.70. The maximum Gasteiger partial charge on any atom is 0.508 e. The van der Waals surface area contributed by atoms with Crippen LogP contribution < -0.4 is 5.32 Å². The number of benzene rings is 3. The average molecular weight is 847 g/mol. The molecule has 18 heteroatoms. The van der Waals surface area contributed by atoms with Crippen molar-refractivity contribution in [3.8, 4) is 0 Å². The normalized spacial score (nSPS) is 19.9. The second-order valence-corrected chi connectivity index (χ2v) is 16.3. The Kier molecular flexibility index (Phi) is 18.0. The Morgan fingerprint density at radius 2 is 1.33 bits per heavy atom. The summed E-state index contributed by atoms with van der Waals surface area (Å²) in [5, 5.41) is 13.6. The predicted octanol–water partition coefficient (Wildman–Crippen LogP) is 7.94. The van der Waals surface area contributed by atoms with Crippen molar-refractivity contribution in [1.82, 2.24) is 5.32 Å². The molecule has 1 amide bonds. The summed E-state index contributed by atoms with van der Waals surface area (Å²) in [6.07, 6.45) is -7.26. The molecule has 2 N–H and O–H groups in total. The van der Waals surface area contributed by atoms with E-state index in [1.165, 1.54) is 0 Å². The first-order valence-corrected chi connectivity index (χ1v) is 20.0. The molecule has 0 spiro atoms. The van der Waals surface area contributed by atoms with Crippen molar-refractivity contribution in [2.45, 2.75) is 86.9 Å². The molecular weight excluding hydrogens is 804 g/mol. The summed E-state index contributed by atoms with van der Waals surface area (Å²) >= 11 is 17.2. The summed E-state index contributed by atoms with van der Waals surface area (Å²) in [5.41, 5.74) is 1.91. The van der Waals surface area contributed by atoms with Crippen molar-refractivity contribution in [3.05, 3.63) is 108 Å². The van der Waals surface area contributed by atoms with E-state index in [1.807, 2.05) is 6.92 Å². The molecule has 0 radical (unpaired) electrons. The van der Waals surface area contributed by atoms with Gasteiger partial charge >= 0.3 is 26.0 Å². The van der Waals surface area contributed by atoms with Crippen LogP contribution in [0.2, 0.25) is 0 Å². The number of alkyl carbamates (subject to hydrolysis) is 1. The molecule has 0 aliphatic carbocycles. The van der Waals surface area contributed by atoms with Crippen molar-refractivity contribution in [2.24, 2.45) is 0 Å². The molecule has 1 aliphatic rings. The molecule has 3 aromatic rings. The molecule has 300 valence electrons. The number of aliphatic hydroxyl groups excluding tert-OH is 1. The summed E-state index contributed by atoms with van der Waals surface area (Å²) in [4.78, 5) is 38.9. The number of phosphoric ester groups is 1. The second kappa shape index (κ2) is 22.3. The lowest BCUT2D eigenvalue weighted by Gasteiger charge is -2.44. The van der Waals surface area contributed by atoms with Gasteiger partial charge in [0.1, 0.15) is 38.1 Å². The van der Waals surface area contributed by atoms with Gasteiger partial charge in [0.25, 0.3) is 0 Å². The van der Waals surface area contributed by atoms with E-state index in [2.05, 4.69) is 5.32 Å². The molecule has 1 fully saturated rings. The molecular formula is C37H43Cl3NO13P. The van der Waals surface area contributed by atoms with E-state index in [0.717, 1.165) is 6.42 Å². The van der Waals surface area contributed by atoms with Gasteiger partial charge in [0, 0.05) is 6.42 Å². The number of halogens is 3. The highest BCUT2D eigenvalue weighted by Gasteiger charge is 2.53. The van der Waals surface area contributed by atoms with E-state index in [1.54, 1.807) is 91.0 Å². The van der Waals surface area contributed by atoms with Crippen molar-refractivity contribution in [3.63, 3.8) is 0 Å². The highest BCUT2D eigenvalue weighted by atomic mass is 35.6. The number of carbonyl (C=O) groups excluding carboxylic acids is 3. The van der Waals surface area contributed by atoms with E-state index < -0.39 is 73.7 Å². The number of aliphatic hydroxyl groups is 1. The molecule has 1 heterocycles. The summed E-state index contributed by atoms with van der Waals surface area (Å²) in [6, 6.07) is 24.7. The van der Waals surface area contributed by atoms with Gasteiger partial charge in [0.15, 0.2) is 12.4 Å². The molecule has 0 saturated carbocycles. The third-order valence-electron chi connectivity index (χ3n) is 7.85. The Morgan fingerprint density at radius 3 is 1.85 bits per heavy atom. The van der Waals surface area contributed by atoms with Crippen molar-refractivity contribution in [2.75, 3.05) is 13.2 Å². The fourth-order valence-corrected chi connectivity index (χ4v) is 6.67. The summed E-state index contributed by atoms with van der Waals surface area (Å²) in [6.45, 7) is -0.0349. The number of rotatable bonds is 19. The maximum absolute atomic E-state index is 14.6. The van der Waals surface area contributed by atoms with Crippen LogP contribution in [-0.4, -0.2) is 71.0 Å². The van der Waals surface area contributed by atoms with E-state index in [-0.39, 0.29) is 26.2 Å². The van der Waals surface area contributed by atoms with Gasteiger partial charge in [-0.05, 0) is 23.1 Å². The van der Waals surface area contributed by atoms with Gasteiger partial charge in [0.05, 0.1) is 13.2 Å². The van der Waals surface area contributed by atoms with Crippen molar-refractivity contribution in [1.29, 1.82) is 0 Å². The van der Waals surface area contributed by atoms with Crippen LogP contribution in [0.15, 0.2) is 91.0 Å². The van der Waals surface area contributed by atoms with Crippen LogP contribution >= 0.6 is 42.6 Å². The number of esters is 1. The van der Waals surface area contributed by atoms with Gasteiger partial charge in [-0.2, -0.15) is 0 Å². The maximum atomic E-state index is 14.6. The van der Waals surface area contributed by atoms with Crippen LogP contribution in [0.1, 0.15) is 49.3 Å². The Balaban J connectivity index is 1.66. The standard InChI is InChI=1S/C37H43Cl3NO13P/c1-2-3-7-20-30(42)53-33-31(41-35(44)49-25-37(38,39)40)34(43)52-29(24-48-36(45)47-21-26-14-8-4-9-15-26)32(33)54-55(46,50-22-27-16-10-5-11-17-27)51-23-28-18-12-6-13-19-28/h4-6,8-19,29,31-34,43H,2-3,7,20-25H2,1H3,(H,41,44)/t29-,31-,32-,33-,34?/m1/s1. The van der Waals surface area contributed by atoms with Crippen LogP contribution in [-0.2, 0) is 66.4 Å². The minimum atomic E-state index is -4.70. The first kappa shape index (κ1) is 44.3. The largest absolute Gasteiger partial charge is 0.508 e. The van der Waals surface area contributed by atoms with Crippen LogP contribution in [0.5, 0.6) is 0 Å². The summed E-state index contributed by atoms with van der Waals surface area (Å²) < 4.78 is 57.6. The molecule has 0 aromatic heterocycles. The average Bonchev–Trinajstić information content (AvgIpc) is 3.17. The number of amides is 1. The molecule has 1 aliphatic heterocycles. The first-order chi connectivity index (χ1) is 26.3. The van der Waals surface area contributed by atoms with E-state index in [0.29, 0.717) is 29.5 Å². The fraction of sp³-hybridized carbons (Fsp3) is 0.432. The number of nitrogens with one attached hydrogen (secondary N) is 1. The number of carbonyl (C=O) groups is 3. The lowest BCUT2D eigenvalue weighted by atomic mass is 9.96. The number of phosphoric acid groups is 1. The van der Waals surface area contributed by atoms with E-state index in [9.17, 15) is 24.1 Å². The second-order valence-electron chi connectivity index (χ2n) is 12.2. The van der Waals surface area contributed by atoms with E-state index >= 15 is 0 Å². The summed E-state index contributed by atoms with van der Waals surface area (Å²) in [5.74, 6) is -0.755. The highest BCUT2D eigenvalue weighted by Crippen LogP contribution is 2.54. The Bertz CT molecular complexity index is 1620. The van der Waals surface area contributed by atoms with Crippen LogP contribution in [0, 0.1) is 0 Å². The number of alkyl halides is 3. The molecule has 4 rings (SSSR count). The lowest BCUT2D eigenvalue weighted by molar-refractivity contribution is -0.256. The number of hydrogen-bond acceptors (Lipinski definition) is 13. The zero-order chi connectivity index (χ0) is 39.7. The third kappa shape index (κ3) is 15.9. The third-order valence-corrected chi connectivity index (χ3v) is 9.57. The molecule has 5 atom stereocenters. The van der Waals surface area contributed by atoms with Crippen molar-refractivity contribution < 1.29 is 61.3 Å². The highest BCUT2D eigenvalue weighted by molar-refractivity contribution is 7.48. The number of hydrogen-bond donors (Lipinski definition) is 2. The fourth-order valence-electron chi connectivity index (χ4n) is 5.14. The quantitative estimate of drug-likeness (QED) is 0.0392. The Labute approximate surface area is 334 Å². The predicted molar refractivity (Wildman–Crippen MR) is 201 cm³/mol. The van der Waals surface area contributed by atoms with Gasteiger partial charge < -0.3 is 34.1 Å². The number of unbranched alkanes of at least 4 members (excludes halogenated alkanes) is 2. The monoisotopic (exact) mass is 845 g/mol. The molecule has 55 heavy (non-hydrogen) atoms. The zero-order valence-corrected chi connectivity index (χ0v) is 33.0. The Morgan fingerprint density at radius 1 is 0.782 bits per heavy atom. The topological polar surface area (TPSA) is 174 Å². The van der Waals surface area contributed by atoms with Crippen molar-refractivity contribution >= 4 is 60.8 Å². The van der Waals surface area contributed by atoms with Crippen LogP contribution in [0.25, 0.3) is 0 Å². The van der Waals surface area contributed by atoms with E-state index in [4.69, 9.17) is 72.1 Å². The smallest absolute Gasteiger partial charge is 0.457 e. The van der Waals surface area contributed by atoms with Gasteiger partial charge in [-0.1, -0.05) is 146 Å².